The van der Waals surface area contributed by atoms with Gasteiger partial charge in [-0.25, -0.2) is 8.42 Å². The Kier molecular flexibility index (Phi) is 4.46. The SMILES string of the molecule is Cc1ccc(S(=O)(=O)Nc2ccc3c(c2)CCCN3C(=O)C2CC2)c(C)c1. The first-order valence-corrected chi connectivity index (χ1v) is 10.9. The second-order valence-corrected chi connectivity index (χ2v) is 9.24. The third-order valence-corrected chi connectivity index (χ3v) is 6.80. The summed E-state index contributed by atoms with van der Waals surface area (Å²) >= 11 is 0. The highest BCUT2D eigenvalue weighted by atomic mass is 32.2. The van der Waals surface area contributed by atoms with Gasteiger partial charge < -0.3 is 4.90 Å². The number of amides is 1. The maximum atomic E-state index is 12.8. The van der Waals surface area contributed by atoms with Crippen LogP contribution in [-0.2, 0) is 21.2 Å². The van der Waals surface area contributed by atoms with E-state index in [0.29, 0.717) is 5.69 Å². The molecule has 1 amide bonds. The summed E-state index contributed by atoms with van der Waals surface area (Å²) in [5.41, 5.74) is 4.24. The van der Waals surface area contributed by atoms with E-state index >= 15 is 0 Å². The molecule has 1 N–H and O–H groups in total. The Morgan fingerprint density at radius 3 is 2.59 bits per heavy atom. The van der Waals surface area contributed by atoms with Crippen LogP contribution in [-0.4, -0.2) is 20.9 Å². The molecule has 142 valence electrons. The molecule has 0 unspecified atom stereocenters. The summed E-state index contributed by atoms with van der Waals surface area (Å²) in [6, 6.07) is 10.8. The molecule has 4 rings (SSSR count). The van der Waals surface area contributed by atoms with Crippen molar-refractivity contribution in [3.63, 3.8) is 0 Å². The number of carbonyl (C=O) groups is 1. The zero-order chi connectivity index (χ0) is 19.2. The van der Waals surface area contributed by atoms with Crippen molar-refractivity contribution in [2.24, 2.45) is 5.92 Å². The molecule has 2 aromatic carbocycles. The van der Waals surface area contributed by atoms with Crippen molar-refractivity contribution in [1.82, 2.24) is 0 Å². The number of aryl methyl sites for hydroxylation is 3. The minimum atomic E-state index is -3.65. The highest BCUT2D eigenvalue weighted by Gasteiger charge is 2.35. The predicted octanol–water partition coefficient (Wildman–Crippen LogP) is 3.79. The van der Waals surface area contributed by atoms with Crippen LogP contribution in [0.25, 0.3) is 0 Å². The van der Waals surface area contributed by atoms with Gasteiger partial charge in [-0.2, -0.15) is 0 Å². The number of carbonyl (C=O) groups excluding carboxylic acids is 1. The molecule has 6 heteroatoms. The maximum absolute atomic E-state index is 12.8. The summed E-state index contributed by atoms with van der Waals surface area (Å²) in [4.78, 5) is 14.7. The van der Waals surface area contributed by atoms with E-state index in [1.54, 1.807) is 25.1 Å². The number of fused-ring (bicyclic) bond motifs is 1. The van der Waals surface area contributed by atoms with Gasteiger partial charge in [0.05, 0.1) is 4.90 Å². The zero-order valence-corrected chi connectivity index (χ0v) is 16.5. The average molecular weight is 385 g/mol. The fourth-order valence-electron chi connectivity index (χ4n) is 3.75. The quantitative estimate of drug-likeness (QED) is 0.872. The molecular formula is C21H24N2O3S. The van der Waals surface area contributed by atoms with Gasteiger partial charge in [-0.05, 0) is 74.9 Å². The normalized spacial score (nSPS) is 16.7. The second-order valence-electron chi connectivity index (χ2n) is 7.59. The Labute approximate surface area is 160 Å². The van der Waals surface area contributed by atoms with Gasteiger partial charge in [0.25, 0.3) is 10.0 Å². The van der Waals surface area contributed by atoms with Crippen LogP contribution < -0.4 is 9.62 Å². The number of sulfonamides is 1. The highest BCUT2D eigenvalue weighted by Crippen LogP contribution is 2.37. The van der Waals surface area contributed by atoms with Gasteiger partial charge in [-0.1, -0.05) is 17.7 Å². The summed E-state index contributed by atoms with van der Waals surface area (Å²) in [5.74, 6) is 0.387. The first-order chi connectivity index (χ1) is 12.8. The van der Waals surface area contributed by atoms with Crippen LogP contribution in [0.4, 0.5) is 11.4 Å². The van der Waals surface area contributed by atoms with Gasteiger partial charge in [0.1, 0.15) is 0 Å². The van der Waals surface area contributed by atoms with E-state index in [2.05, 4.69) is 4.72 Å². The summed E-state index contributed by atoms with van der Waals surface area (Å²) in [6.07, 6.45) is 3.72. The Hall–Kier alpha value is -2.34. The summed E-state index contributed by atoms with van der Waals surface area (Å²) in [5, 5.41) is 0. The number of benzene rings is 2. The van der Waals surface area contributed by atoms with Crippen molar-refractivity contribution in [3.05, 3.63) is 53.1 Å². The Balaban J connectivity index is 1.61. The van der Waals surface area contributed by atoms with E-state index in [-0.39, 0.29) is 16.7 Å². The molecule has 0 bridgehead atoms. The Bertz CT molecular complexity index is 1010. The van der Waals surface area contributed by atoms with E-state index < -0.39 is 10.0 Å². The van der Waals surface area contributed by atoms with Crippen LogP contribution in [0.15, 0.2) is 41.3 Å². The van der Waals surface area contributed by atoms with Crippen molar-refractivity contribution in [2.45, 2.75) is 44.4 Å². The molecule has 1 aliphatic carbocycles. The van der Waals surface area contributed by atoms with Crippen LogP contribution in [0.5, 0.6) is 0 Å². The third-order valence-electron chi connectivity index (χ3n) is 5.26. The topological polar surface area (TPSA) is 66.5 Å². The second kappa shape index (κ2) is 6.68. The third kappa shape index (κ3) is 3.58. The lowest BCUT2D eigenvalue weighted by atomic mass is 10.0. The van der Waals surface area contributed by atoms with Gasteiger partial charge in [-0.3, -0.25) is 9.52 Å². The van der Waals surface area contributed by atoms with Crippen LogP contribution in [0.2, 0.25) is 0 Å². The zero-order valence-electron chi connectivity index (χ0n) is 15.7. The van der Waals surface area contributed by atoms with Crippen LogP contribution in [0, 0.1) is 19.8 Å². The Morgan fingerprint density at radius 1 is 1.11 bits per heavy atom. The van der Waals surface area contributed by atoms with Crippen molar-refractivity contribution in [3.8, 4) is 0 Å². The van der Waals surface area contributed by atoms with Crippen molar-refractivity contribution < 1.29 is 13.2 Å². The summed E-state index contributed by atoms with van der Waals surface area (Å²) < 4.78 is 28.3. The lowest BCUT2D eigenvalue weighted by Crippen LogP contribution is -2.36. The fourth-order valence-corrected chi connectivity index (χ4v) is 5.03. The molecule has 2 aliphatic rings. The fraction of sp³-hybridized carbons (Fsp3) is 0.381. The summed E-state index contributed by atoms with van der Waals surface area (Å²) in [6.45, 7) is 4.49. The largest absolute Gasteiger partial charge is 0.312 e. The lowest BCUT2D eigenvalue weighted by Gasteiger charge is -2.30. The predicted molar refractivity (Wildman–Crippen MR) is 107 cm³/mol. The van der Waals surface area contributed by atoms with Gasteiger partial charge in [0, 0.05) is 23.8 Å². The van der Waals surface area contributed by atoms with Crippen LogP contribution in [0.3, 0.4) is 0 Å². The molecule has 5 nitrogen and oxygen atoms in total. The van der Waals surface area contributed by atoms with Crippen LogP contribution >= 0.6 is 0 Å². The molecule has 0 spiro atoms. The first-order valence-electron chi connectivity index (χ1n) is 9.39. The molecule has 1 heterocycles. The lowest BCUT2D eigenvalue weighted by molar-refractivity contribution is -0.119. The van der Waals surface area contributed by atoms with E-state index in [4.69, 9.17) is 0 Å². The molecule has 0 saturated heterocycles. The van der Waals surface area contributed by atoms with Crippen molar-refractivity contribution in [2.75, 3.05) is 16.2 Å². The van der Waals surface area contributed by atoms with E-state index in [1.165, 1.54) is 0 Å². The molecule has 1 aliphatic heterocycles. The highest BCUT2D eigenvalue weighted by molar-refractivity contribution is 7.92. The molecule has 1 fully saturated rings. The monoisotopic (exact) mass is 384 g/mol. The van der Waals surface area contributed by atoms with Crippen molar-refractivity contribution >= 4 is 27.3 Å². The molecule has 0 aromatic heterocycles. The van der Waals surface area contributed by atoms with E-state index in [9.17, 15) is 13.2 Å². The van der Waals surface area contributed by atoms with Gasteiger partial charge in [-0.15, -0.1) is 0 Å². The first kappa shape index (κ1) is 18.0. The number of rotatable bonds is 4. The number of nitrogens with one attached hydrogen (secondary N) is 1. The van der Waals surface area contributed by atoms with Crippen molar-refractivity contribution in [1.29, 1.82) is 0 Å². The standard InChI is InChI=1S/C21H24N2O3S/c1-14-5-10-20(15(2)12-14)27(25,26)22-18-8-9-19-17(13-18)4-3-11-23(19)21(24)16-6-7-16/h5,8-10,12-13,16,22H,3-4,6-7,11H2,1-2H3. The van der Waals surface area contributed by atoms with Gasteiger partial charge >= 0.3 is 0 Å². The molecule has 0 atom stereocenters. The van der Waals surface area contributed by atoms with E-state index in [0.717, 1.165) is 54.6 Å². The molecule has 2 aromatic rings. The maximum Gasteiger partial charge on any atom is 0.262 e. The molecule has 1 saturated carbocycles. The van der Waals surface area contributed by atoms with Crippen LogP contribution in [0.1, 0.15) is 36.0 Å². The minimum absolute atomic E-state index is 0.179. The Morgan fingerprint density at radius 2 is 1.89 bits per heavy atom. The number of nitrogens with zero attached hydrogens (tertiary/aromatic N) is 1. The molecule has 27 heavy (non-hydrogen) atoms. The number of hydrogen-bond donors (Lipinski definition) is 1. The summed E-state index contributed by atoms with van der Waals surface area (Å²) in [7, 11) is -3.65. The smallest absolute Gasteiger partial charge is 0.262 e. The van der Waals surface area contributed by atoms with E-state index in [1.807, 2.05) is 30.0 Å². The number of anilines is 2. The molecule has 0 radical (unpaired) electrons. The van der Waals surface area contributed by atoms with Gasteiger partial charge in [0.2, 0.25) is 5.91 Å². The minimum Gasteiger partial charge on any atom is -0.312 e. The number of hydrogen-bond acceptors (Lipinski definition) is 3. The average Bonchev–Trinajstić information content (AvgIpc) is 3.44. The van der Waals surface area contributed by atoms with Gasteiger partial charge in [0.15, 0.2) is 0 Å². The molecular weight excluding hydrogens is 360 g/mol.